The van der Waals surface area contributed by atoms with Gasteiger partial charge in [-0.05, 0) is 24.3 Å². The summed E-state index contributed by atoms with van der Waals surface area (Å²) in [5.74, 6) is -0.689. The minimum Gasteiger partial charge on any atom is -0.405 e. The second-order valence-corrected chi connectivity index (χ2v) is 8.38. The van der Waals surface area contributed by atoms with E-state index in [2.05, 4.69) is 20.0 Å². The zero-order chi connectivity index (χ0) is 26.6. The zero-order valence-electron chi connectivity index (χ0n) is 19.2. The van der Waals surface area contributed by atoms with Gasteiger partial charge in [-0.2, -0.15) is 0 Å². The van der Waals surface area contributed by atoms with Crippen molar-refractivity contribution in [2.24, 2.45) is 0 Å². The van der Waals surface area contributed by atoms with Crippen molar-refractivity contribution in [2.75, 3.05) is 31.6 Å². The van der Waals surface area contributed by atoms with Gasteiger partial charge < -0.3 is 30.1 Å². The highest BCUT2D eigenvalue weighted by Gasteiger charge is 2.32. The molecule has 2 aromatic carbocycles. The molecule has 2 heterocycles. The van der Waals surface area contributed by atoms with Gasteiger partial charge in [0.25, 0.3) is 11.5 Å². The molecule has 194 valence electrons. The average Bonchev–Trinajstić information content (AvgIpc) is 2.86. The highest BCUT2D eigenvalue weighted by molar-refractivity contribution is 6.33. The number of aromatic amines is 1. The highest BCUT2D eigenvalue weighted by atomic mass is 35.5. The monoisotopic (exact) mass is 535 g/mol. The predicted octanol–water partition coefficient (Wildman–Crippen LogP) is 4.13. The Morgan fingerprint density at radius 2 is 1.97 bits per heavy atom. The molecule has 4 rings (SSSR count). The van der Waals surface area contributed by atoms with Crippen molar-refractivity contribution < 1.29 is 27.4 Å². The van der Waals surface area contributed by atoms with E-state index in [0.29, 0.717) is 31.9 Å². The van der Waals surface area contributed by atoms with Crippen molar-refractivity contribution in [3.8, 4) is 5.75 Å². The summed E-state index contributed by atoms with van der Waals surface area (Å²) in [6, 6.07) is 10.1. The van der Waals surface area contributed by atoms with Crippen molar-refractivity contribution in [1.82, 2.24) is 14.9 Å². The Hall–Kier alpha value is -3.90. The number of ether oxygens (including phenoxy) is 2. The molecule has 3 aromatic rings. The van der Waals surface area contributed by atoms with Crippen LogP contribution in [0.4, 0.5) is 24.7 Å². The molecule has 37 heavy (non-hydrogen) atoms. The number of aromatic nitrogens is 2. The maximum absolute atomic E-state index is 12.9. The smallest absolute Gasteiger partial charge is 0.405 e. The molecule has 0 unspecified atom stereocenters. The van der Waals surface area contributed by atoms with E-state index in [1.165, 1.54) is 30.3 Å². The van der Waals surface area contributed by atoms with Crippen LogP contribution in [0.2, 0.25) is 5.02 Å². The van der Waals surface area contributed by atoms with Crippen molar-refractivity contribution in [3.05, 3.63) is 80.4 Å². The summed E-state index contributed by atoms with van der Waals surface area (Å²) < 4.78 is 47.7. The Balaban J connectivity index is 1.65. The molecule has 1 fully saturated rings. The number of nitrogens with zero attached hydrogens (tertiary/aromatic N) is 2. The zero-order valence-corrected chi connectivity index (χ0v) is 19.9. The predicted molar refractivity (Wildman–Crippen MR) is 130 cm³/mol. The molecule has 0 radical (unpaired) electrons. The first-order valence-electron chi connectivity index (χ1n) is 11.1. The SMILES string of the molecule is N=Cc1c(Nc2cc(C(=O)N3CCOCC3)ccc2Cl)nc(Cc2ccccc2OC(F)(F)F)[nH]c1=O. The molecular formula is C24H21ClF3N5O4. The van der Waals surface area contributed by atoms with Crippen LogP contribution in [0.1, 0.15) is 27.3 Å². The lowest BCUT2D eigenvalue weighted by Gasteiger charge is -2.27. The molecular weight excluding hydrogens is 515 g/mol. The number of amides is 1. The molecule has 13 heteroatoms. The maximum atomic E-state index is 12.9. The lowest BCUT2D eigenvalue weighted by molar-refractivity contribution is -0.274. The van der Waals surface area contributed by atoms with Gasteiger partial charge in [-0.15, -0.1) is 13.2 Å². The Kier molecular flexibility index (Phi) is 7.79. The summed E-state index contributed by atoms with van der Waals surface area (Å²) in [4.78, 5) is 34.0. The van der Waals surface area contributed by atoms with E-state index < -0.39 is 17.7 Å². The van der Waals surface area contributed by atoms with Crippen LogP contribution in [0, 0.1) is 5.41 Å². The quantitative estimate of drug-likeness (QED) is 0.391. The normalized spacial score (nSPS) is 13.8. The highest BCUT2D eigenvalue weighted by Crippen LogP contribution is 2.29. The topological polar surface area (TPSA) is 120 Å². The van der Waals surface area contributed by atoms with Crippen LogP contribution in [0.5, 0.6) is 5.75 Å². The number of rotatable bonds is 7. The number of alkyl halides is 3. The second-order valence-electron chi connectivity index (χ2n) is 7.98. The molecule has 0 bridgehead atoms. The van der Waals surface area contributed by atoms with E-state index in [9.17, 15) is 22.8 Å². The van der Waals surface area contributed by atoms with Gasteiger partial charge in [-0.1, -0.05) is 29.8 Å². The summed E-state index contributed by atoms with van der Waals surface area (Å²) in [7, 11) is 0. The van der Waals surface area contributed by atoms with Crippen LogP contribution < -0.4 is 15.6 Å². The lowest BCUT2D eigenvalue weighted by atomic mass is 10.1. The van der Waals surface area contributed by atoms with Crippen LogP contribution in [0.15, 0.2) is 47.3 Å². The lowest BCUT2D eigenvalue weighted by Crippen LogP contribution is -2.40. The van der Waals surface area contributed by atoms with E-state index in [4.69, 9.17) is 21.7 Å². The van der Waals surface area contributed by atoms with E-state index in [1.54, 1.807) is 11.0 Å². The fraction of sp³-hybridized carbons (Fsp3) is 0.250. The number of carbonyl (C=O) groups excluding carboxylic acids is 1. The third-order valence-corrected chi connectivity index (χ3v) is 5.80. The largest absolute Gasteiger partial charge is 0.573 e. The number of para-hydroxylation sites is 1. The molecule has 1 aliphatic rings. The third kappa shape index (κ3) is 6.46. The minimum atomic E-state index is -4.89. The number of hydrogen-bond donors (Lipinski definition) is 3. The summed E-state index contributed by atoms with van der Waals surface area (Å²) in [6.45, 7) is 1.76. The molecule has 9 nitrogen and oxygen atoms in total. The number of hydrogen-bond acceptors (Lipinski definition) is 7. The number of H-pyrrole nitrogens is 1. The Morgan fingerprint density at radius 3 is 2.68 bits per heavy atom. The third-order valence-electron chi connectivity index (χ3n) is 5.47. The first-order valence-corrected chi connectivity index (χ1v) is 11.4. The van der Waals surface area contributed by atoms with Gasteiger partial charge in [0.15, 0.2) is 0 Å². The van der Waals surface area contributed by atoms with E-state index in [-0.39, 0.29) is 45.8 Å². The Labute approximate surface area is 213 Å². The van der Waals surface area contributed by atoms with Gasteiger partial charge in [0.05, 0.1) is 29.5 Å². The minimum absolute atomic E-state index is 0.0213. The van der Waals surface area contributed by atoms with Gasteiger partial charge in [-0.25, -0.2) is 4.98 Å². The fourth-order valence-corrected chi connectivity index (χ4v) is 3.89. The number of benzene rings is 2. The average molecular weight is 536 g/mol. The maximum Gasteiger partial charge on any atom is 0.573 e. The van der Waals surface area contributed by atoms with Crippen LogP contribution in [0.3, 0.4) is 0 Å². The molecule has 1 amide bonds. The summed E-state index contributed by atoms with van der Waals surface area (Å²) in [5.41, 5.74) is -0.0900. The fourth-order valence-electron chi connectivity index (χ4n) is 3.73. The molecule has 1 saturated heterocycles. The van der Waals surface area contributed by atoms with E-state index in [1.807, 2.05) is 0 Å². The summed E-state index contributed by atoms with van der Waals surface area (Å²) in [5, 5.41) is 10.8. The van der Waals surface area contributed by atoms with Crippen molar-refractivity contribution in [1.29, 1.82) is 5.41 Å². The number of halogens is 4. The molecule has 0 atom stereocenters. The van der Waals surface area contributed by atoms with E-state index >= 15 is 0 Å². The number of morpholine rings is 1. The van der Waals surface area contributed by atoms with Gasteiger partial charge in [-0.3, -0.25) is 9.59 Å². The molecule has 0 aliphatic carbocycles. The van der Waals surface area contributed by atoms with Gasteiger partial charge >= 0.3 is 6.36 Å². The van der Waals surface area contributed by atoms with Crippen LogP contribution >= 0.6 is 11.6 Å². The first kappa shape index (κ1) is 26.2. The Morgan fingerprint density at radius 1 is 1.24 bits per heavy atom. The Bertz CT molecular complexity index is 1370. The van der Waals surface area contributed by atoms with Crippen LogP contribution in [-0.4, -0.2) is 59.7 Å². The second kappa shape index (κ2) is 11.0. The molecule has 3 N–H and O–H groups in total. The molecule has 0 spiro atoms. The number of nitrogens with one attached hydrogen (secondary N) is 3. The van der Waals surface area contributed by atoms with Crippen molar-refractivity contribution in [3.63, 3.8) is 0 Å². The van der Waals surface area contributed by atoms with Crippen molar-refractivity contribution >= 4 is 35.2 Å². The summed E-state index contributed by atoms with van der Waals surface area (Å²) in [6.07, 6.45) is -4.30. The van der Waals surface area contributed by atoms with Gasteiger partial charge in [0.2, 0.25) is 0 Å². The summed E-state index contributed by atoms with van der Waals surface area (Å²) >= 11 is 6.32. The molecule has 1 aromatic heterocycles. The molecule has 0 saturated carbocycles. The van der Waals surface area contributed by atoms with E-state index in [0.717, 1.165) is 12.3 Å². The van der Waals surface area contributed by atoms with Gasteiger partial charge in [0.1, 0.15) is 17.4 Å². The van der Waals surface area contributed by atoms with Crippen LogP contribution in [-0.2, 0) is 11.2 Å². The molecule has 1 aliphatic heterocycles. The van der Waals surface area contributed by atoms with Gasteiger partial charge in [0, 0.05) is 36.9 Å². The first-order chi connectivity index (χ1) is 17.6. The van der Waals surface area contributed by atoms with Crippen LogP contribution in [0.25, 0.3) is 0 Å². The standard InChI is InChI=1S/C24H21ClF3N5O4/c25-17-6-5-15(23(35)33-7-9-36-10-8-33)11-18(17)30-21-16(13-29)22(34)32-20(31-21)12-14-3-1-2-4-19(14)37-24(26,27)28/h1-6,11,13,29H,7-10,12H2,(H2,30,31,32,34). The number of carbonyl (C=O) groups is 1. The van der Waals surface area contributed by atoms with Crippen molar-refractivity contribution in [2.45, 2.75) is 12.8 Å². The number of anilines is 2.